The van der Waals surface area contributed by atoms with Gasteiger partial charge in [0.05, 0.1) is 22.4 Å². The van der Waals surface area contributed by atoms with Gasteiger partial charge in [0.2, 0.25) is 5.91 Å². The highest BCUT2D eigenvalue weighted by molar-refractivity contribution is 6.32. The number of nitro benzene ring substituents is 1. The van der Waals surface area contributed by atoms with Crippen LogP contribution in [0.2, 0.25) is 0 Å². The van der Waals surface area contributed by atoms with Crippen LogP contribution in [0.25, 0.3) is 11.1 Å². The van der Waals surface area contributed by atoms with E-state index in [9.17, 15) is 44.3 Å². The van der Waals surface area contributed by atoms with Crippen molar-refractivity contribution in [3.8, 4) is 16.9 Å². The molecular weight excluding hydrogens is 510 g/mol. The SMILES string of the molecule is CN(C)[C@@H]1C(=O)C(C(N)=O)C(=O)[C@@]2(O)C(=O)C3C(=O)c4c(O)ccc(-c5cccc([N+](=O)[O-])c5)c4C[C@H]3C[C@@H]12. The summed E-state index contributed by atoms with van der Waals surface area (Å²) >= 11 is 0. The highest BCUT2D eigenvalue weighted by Gasteiger charge is 2.69. The molecule has 0 spiro atoms. The van der Waals surface area contributed by atoms with Gasteiger partial charge in [0.1, 0.15) is 5.75 Å². The Hall–Kier alpha value is -4.29. The Kier molecular flexibility index (Phi) is 6.00. The molecule has 0 aliphatic heterocycles. The summed E-state index contributed by atoms with van der Waals surface area (Å²) in [4.78, 5) is 78.3. The molecule has 3 aliphatic carbocycles. The number of Topliss-reactive ketones (excluding diaryl/α,β-unsaturated/α-hetero) is 4. The molecule has 0 saturated heterocycles. The number of non-ortho nitro benzene ring substituents is 1. The zero-order valence-electron chi connectivity index (χ0n) is 21.0. The normalized spacial score (nSPS) is 30.0. The number of fused-ring (bicyclic) bond motifs is 3. The number of rotatable bonds is 4. The van der Waals surface area contributed by atoms with Crippen molar-refractivity contribution < 1.29 is 39.1 Å². The van der Waals surface area contributed by atoms with Crippen molar-refractivity contribution in [1.29, 1.82) is 0 Å². The summed E-state index contributed by atoms with van der Waals surface area (Å²) < 4.78 is 0. The number of phenolic OH excluding ortho intramolecular Hbond substituents is 1. The first-order valence-corrected chi connectivity index (χ1v) is 12.2. The van der Waals surface area contributed by atoms with Gasteiger partial charge in [-0.25, -0.2) is 0 Å². The average molecular weight is 536 g/mol. The van der Waals surface area contributed by atoms with Crippen LogP contribution in [0.15, 0.2) is 36.4 Å². The van der Waals surface area contributed by atoms with Crippen molar-refractivity contribution in [3.05, 3.63) is 57.6 Å². The van der Waals surface area contributed by atoms with Crippen molar-refractivity contribution >= 4 is 34.7 Å². The van der Waals surface area contributed by atoms with Crippen LogP contribution in [-0.4, -0.2) is 74.8 Å². The van der Waals surface area contributed by atoms with Gasteiger partial charge >= 0.3 is 0 Å². The second-order valence-corrected chi connectivity index (χ2v) is 10.6. The summed E-state index contributed by atoms with van der Waals surface area (Å²) in [5.41, 5.74) is 3.39. The standard InChI is InChI=1S/C27H25N3O9/c1-29(2)21-16-10-12-9-15-14(11-4-3-5-13(8-11)30(38)39)6-7-17(31)19(15)22(32)18(12)24(34)27(16,37)25(35)20(23(21)33)26(28)36/h3-8,12,16,18,20-21,31,37H,9-10H2,1-2H3,(H2,28,36)/t12-,16-,18?,20?,21-,27-/m0/s1. The lowest BCUT2D eigenvalue weighted by atomic mass is 9.52. The molecule has 2 aromatic carbocycles. The van der Waals surface area contributed by atoms with E-state index in [1.165, 1.54) is 49.3 Å². The molecule has 39 heavy (non-hydrogen) atoms. The van der Waals surface area contributed by atoms with Crippen LogP contribution in [0.1, 0.15) is 22.3 Å². The molecule has 2 unspecified atom stereocenters. The van der Waals surface area contributed by atoms with Gasteiger partial charge in [-0.1, -0.05) is 18.2 Å². The lowest BCUT2D eigenvalue weighted by molar-refractivity contribution is -0.384. The molecule has 12 heteroatoms. The third-order valence-electron chi connectivity index (χ3n) is 8.31. The van der Waals surface area contributed by atoms with Crippen LogP contribution in [0.5, 0.6) is 5.75 Å². The van der Waals surface area contributed by atoms with E-state index in [0.29, 0.717) is 16.7 Å². The quantitative estimate of drug-likeness (QED) is 0.280. The maximum Gasteiger partial charge on any atom is 0.270 e. The largest absolute Gasteiger partial charge is 0.507 e. The van der Waals surface area contributed by atoms with E-state index < -0.39 is 75.0 Å². The van der Waals surface area contributed by atoms with Gasteiger partial charge < -0.3 is 15.9 Å². The third kappa shape index (κ3) is 3.62. The van der Waals surface area contributed by atoms with Crippen LogP contribution >= 0.6 is 0 Å². The van der Waals surface area contributed by atoms with E-state index >= 15 is 0 Å². The molecule has 2 aromatic rings. The Labute approximate surface area is 221 Å². The second kappa shape index (κ2) is 8.89. The first-order valence-electron chi connectivity index (χ1n) is 12.2. The molecule has 5 rings (SSSR count). The first-order chi connectivity index (χ1) is 18.3. The number of primary amides is 1. The Morgan fingerprint density at radius 2 is 1.82 bits per heavy atom. The Balaban J connectivity index is 1.66. The number of hydrogen-bond acceptors (Lipinski definition) is 10. The molecule has 2 saturated carbocycles. The number of ketones is 4. The summed E-state index contributed by atoms with van der Waals surface area (Å²) in [5, 5.41) is 33.6. The van der Waals surface area contributed by atoms with E-state index in [1.807, 2.05) is 0 Å². The van der Waals surface area contributed by atoms with E-state index in [-0.39, 0.29) is 24.1 Å². The zero-order valence-corrected chi connectivity index (χ0v) is 21.0. The minimum Gasteiger partial charge on any atom is -0.507 e. The van der Waals surface area contributed by atoms with Crippen molar-refractivity contribution in [2.24, 2.45) is 29.4 Å². The number of amides is 1. The third-order valence-corrected chi connectivity index (χ3v) is 8.31. The summed E-state index contributed by atoms with van der Waals surface area (Å²) in [5.74, 6) is -11.4. The molecule has 0 heterocycles. The van der Waals surface area contributed by atoms with Gasteiger partial charge in [-0.2, -0.15) is 0 Å². The van der Waals surface area contributed by atoms with Crippen molar-refractivity contribution in [3.63, 3.8) is 0 Å². The lowest BCUT2D eigenvalue weighted by Gasteiger charge is -2.52. The summed E-state index contributed by atoms with van der Waals surface area (Å²) in [6.07, 6.45) is -0.0355. The number of aliphatic hydroxyl groups is 1. The maximum atomic E-state index is 13.8. The van der Waals surface area contributed by atoms with Gasteiger partial charge in [-0.3, -0.25) is 39.0 Å². The molecule has 0 aromatic heterocycles. The molecule has 0 radical (unpaired) electrons. The summed E-state index contributed by atoms with van der Waals surface area (Å²) in [7, 11) is 3.01. The predicted molar refractivity (Wildman–Crippen MR) is 133 cm³/mol. The van der Waals surface area contributed by atoms with Crippen LogP contribution in [0.3, 0.4) is 0 Å². The molecule has 6 atom stereocenters. The summed E-state index contributed by atoms with van der Waals surface area (Å²) in [6.45, 7) is 0. The fraction of sp³-hybridized carbons (Fsp3) is 0.370. The number of nitro groups is 1. The van der Waals surface area contributed by atoms with Gasteiger partial charge in [0.25, 0.3) is 5.69 Å². The predicted octanol–water partition coefficient (Wildman–Crippen LogP) is 0.442. The van der Waals surface area contributed by atoms with E-state index in [4.69, 9.17) is 5.73 Å². The molecule has 4 N–H and O–H groups in total. The fourth-order valence-corrected chi connectivity index (χ4v) is 6.66. The Morgan fingerprint density at radius 1 is 1.13 bits per heavy atom. The number of carbonyl (C=O) groups excluding carboxylic acids is 5. The minimum absolute atomic E-state index is 0.0538. The number of carbonyl (C=O) groups is 5. The molecule has 3 aliphatic rings. The number of nitrogens with two attached hydrogens (primary N) is 1. The summed E-state index contributed by atoms with van der Waals surface area (Å²) in [6, 6.07) is 7.31. The highest BCUT2D eigenvalue weighted by Crippen LogP contribution is 2.51. The molecule has 202 valence electrons. The maximum absolute atomic E-state index is 13.8. The Morgan fingerprint density at radius 3 is 2.44 bits per heavy atom. The topological polar surface area (TPSA) is 198 Å². The van der Waals surface area contributed by atoms with E-state index in [2.05, 4.69) is 0 Å². The van der Waals surface area contributed by atoms with Crippen LogP contribution in [0, 0.1) is 33.8 Å². The van der Waals surface area contributed by atoms with Gasteiger partial charge in [0, 0.05) is 18.1 Å². The Bertz CT molecular complexity index is 1500. The smallest absolute Gasteiger partial charge is 0.270 e. The van der Waals surface area contributed by atoms with Crippen molar-refractivity contribution in [2.45, 2.75) is 24.5 Å². The average Bonchev–Trinajstić information content (AvgIpc) is 2.86. The molecule has 1 amide bonds. The monoisotopic (exact) mass is 535 g/mol. The zero-order chi connectivity index (χ0) is 28.5. The molecule has 0 bridgehead atoms. The van der Waals surface area contributed by atoms with Gasteiger partial charge in [-0.05, 0) is 55.6 Å². The number of hydrogen-bond donors (Lipinski definition) is 3. The van der Waals surface area contributed by atoms with E-state index in [1.54, 1.807) is 6.07 Å². The van der Waals surface area contributed by atoms with Crippen LogP contribution in [-0.2, 0) is 25.6 Å². The molecule has 12 nitrogen and oxygen atoms in total. The number of phenols is 1. The number of benzene rings is 2. The number of nitrogens with zero attached hydrogens (tertiary/aromatic N) is 2. The van der Waals surface area contributed by atoms with E-state index in [0.717, 1.165) is 0 Å². The van der Waals surface area contributed by atoms with Crippen molar-refractivity contribution in [1.82, 2.24) is 4.90 Å². The minimum atomic E-state index is -2.80. The molecular formula is C27H25N3O9. The van der Waals surface area contributed by atoms with Gasteiger partial charge in [0.15, 0.2) is 34.7 Å². The van der Waals surface area contributed by atoms with Crippen LogP contribution < -0.4 is 5.73 Å². The number of aromatic hydroxyl groups is 1. The first kappa shape index (κ1) is 26.3. The van der Waals surface area contributed by atoms with Gasteiger partial charge in [-0.15, -0.1) is 0 Å². The molecule has 2 fully saturated rings. The lowest BCUT2D eigenvalue weighted by Crippen LogP contribution is -2.74. The number of likely N-dealkylation sites (N-methyl/N-ethyl adjacent to an activating group) is 1. The highest BCUT2D eigenvalue weighted by atomic mass is 16.6. The van der Waals surface area contributed by atoms with Crippen LogP contribution in [0.4, 0.5) is 5.69 Å². The second-order valence-electron chi connectivity index (χ2n) is 10.6. The van der Waals surface area contributed by atoms with Crippen molar-refractivity contribution in [2.75, 3.05) is 14.1 Å². The fourth-order valence-electron chi connectivity index (χ4n) is 6.66.